The fourth-order valence-corrected chi connectivity index (χ4v) is 2.44. The van der Waals surface area contributed by atoms with Crippen molar-refractivity contribution >= 4 is 26.6 Å². The van der Waals surface area contributed by atoms with E-state index in [0.717, 1.165) is 6.07 Å². The number of hydrogen-bond acceptors (Lipinski definition) is 5. The lowest BCUT2D eigenvalue weighted by molar-refractivity contribution is -0.387. The summed E-state index contributed by atoms with van der Waals surface area (Å²) in [5, 5.41) is 21.0. The van der Waals surface area contributed by atoms with E-state index in [1.165, 1.54) is 18.2 Å². The van der Waals surface area contributed by atoms with Gasteiger partial charge in [-0.3, -0.25) is 14.7 Å². The van der Waals surface area contributed by atoms with Crippen LogP contribution in [0.3, 0.4) is 0 Å². The molecule has 0 aliphatic carbocycles. The smallest absolute Gasteiger partial charge is 0.305 e. The Morgan fingerprint density at radius 2 is 1.83 bits per heavy atom. The zero-order valence-electron chi connectivity index (χ0n) is 8.77. The Morgan fingerprint density at radius 3 is 2.39 bits per heavy atom. The minimum Gasteiger partial charge on any atom is -0.506 e. The molecule has 7 nitrogen and oxygen atoms in total. The van der Waals surface area contributed by atoms with Crippen LogP contribution in [0.25, 0.3) is 10.8 Å². The van der Waals surface area contributed by atoms with Crippen LogP contribution in [0.5, 0.6) is 5.75 Å². The molecule has 2 rings (SSSR count). The summed E-state index contributed by atoms with van der Waals surface area (Å²) in [6, 6.07) is 6.97. The number of aromatic hydroxyl groups is 1. The Morgan fingerprint density at radius 1 is 1.22 bits per heavy atom. The molecule has 0 saturated carbocycles. The molecule has 0 aliphatic rings. The summed E-state index contributed by atoms with van der Waals surface area (Å²) in [7, 11) is -4.89. The van der Waals surface area contributed by atoms with Crippen LogP contribution in [0.15, 0.2) is 35.2 Å². The van der Waals surface area contributed by atoms with E-state index in [9.17, 15) is 23.6 Å². The van der Waals surface area contributed by atoms with E-state index in [1.807, 2.05) is 0 Å². The van der Waals surface area contributed by atoms with Crippen molar-refractivity contribution in [1.29, 1.82) is 0 Å². The van der Waals surface area contributed by atoms with Crippen molar-refractivity contribution in [1.82, 2.24) is 0 Å². The highest BCUT2D eigenvalue weighted by atomic mass is 32.2. The summed E-state index contributed by atoms with van der Waals surface area (Å²) in [5.41, 5.74) is -0.867. The topological polar surface area (TPSA) is 118 Å². The molecule has 0 spiro atoms. The lowest BCUT2D eigenvalue weighted by atomic mass is 10.1. The minimum atomic E-state index is -4.89. The second kappa shape index (κ2) is 3.93. The summed E-state index contributed by atoms with van der Waals surface area (Å²) >= 11 is 0. The first-order valence-corrected chi connectivity index (χ1v) is 6.13. The molecular weight excluding hydrogens is 262 g/mol. The average Bonchev–Trinajstić information content (AvgIpc) is 2.27. The highest BCUT2D eigenvalue weighted by molar-refractivity contribution is 7.86. The molecule has 0 aromatic heterocycles. The van der Waals surface area contributed by atoms with Gasteiger partial charge in [-0.25, -0.2) is 0 Å². The fourth-order valence-electron chi connectivity index (χ4n) is 1.68. The molecule has 94 valence electrons. The molecule has 0 radical (unpaired) electrons. The predicted octanol–water partition coefficient (Wildman–Crippen LogP) is 1.70. The number of benzene rings is 2. The van der Waals surface area contributed by atoms with E-state index in [4.69, 9.17) is 4.55 Å². The van der Waals surface area contributed by atoms with E-state index in [1.54, 1.807) is 6.07 Å². The van der Waals surface area contributed by atoms with Gasteiger partial charge >= 0.3 is 10.1 Å². The van der Waals surface area contributed by atoms with Gasteiger partial charge in [-0.15, -0.1) is 0 Å². The lowest BCUT2D eigenvalue weighted by Gasteiger charge is -2.06. The molecule has 0 amide bonds. The van der Waals surface area contributed by atoms with E-state index < -0.39 is 31.4 Å². The number of nitrogens with zero attached hydrogens (tertiary/aromatic N) is 1. The highest BCUT2D eigenvalue weighted by Crippen LogP contribution is 2.38. The highest BCUT2D eigenvalue weighted by Gasteiger charge is 2.30. The third-order valence-electron chi connectivity index (χ3n) is 2.41. The van der Waals surface area contributed by atoms with Crippen molar-refractivity contribution < 1.29 is 23.0 Å². The van der Waals surface area contributed by atoms with E-state index >= 15 is 0 Å². The Balaban J connectivity index is 3.03. The average molecular weight is 269 g/mol. The Hall–Kier alpha value is -2.19. The molecule has 18 heavy (non-hydrogen) atoms. The van der Waals surface area contributed by atoms with Gasteiger partial charge in [-0.05, 0) is 5.39 Å². The van der Waals surface area contributed by atoms with Gasteiger partial charge in [0, 0.05) is 11.5 Å². The number of nitro benzene ring substituents is 1. The van der Waals surface area contributed by atoms with Crippen LogP contribution in [0.1, 0.15) is 0 Å². The maximum absolute atomic E-state index is 11.1. The van der Waals surface area contributed by atoms with Gasteiger partial charge in [0.15, 0.2) is 5.75 Å². The van der Waals surface area contributed by atoms with Crippen molar-refractivity contribution in [3.63, 3.8) is 0 Å². The van der Waals surface area contributed by atoms with Crippen LogP contribution in [-0.4, -0.2) is 23.0 Å². The van der Waals surface area contributed by atoms with Crippen LogP contribution in [0, 0.1) is 10.1 Å². The normalized spacial score (nSPS) is 11.6. The molecule has 2 N–H and O–H groups in total. The first-order chi connectivity index (χ1) is 8.32. The maximum atomic E-state index is 11.1. The van der Waals surface area contributed by atoms with Crippen LogP contribution in [0.2, 0.25) is 0 Å². The monoisotopic (exact) mass is 269 g/mol. The Kier molecular flexibility index (Phi) is 2.68. The van der Waals surface area contributed by atoms with Crippen molar-refractivity contribution in [3.8, 4) is 5.75 Å². The van der Waals surface area contributed by atoms with Gasteiger partial charge in [0.2, 0.25) is 4.90 Å². The summed E-state index contributed by atoms with van der Waals surface area (Å²) in [6.07, 6.45) is 0. The van der Waals surface area contributed by atoms with Gasteiger partial charge in [0.25, 0.3) is 5.69 Å². The van der Waals surface area contributed by atoms with E-state index in [2.05, 4.69) is 0 Å². The van der Waals surface area contributed by atoms with Crippen molar-refractivity contribution in [2.45, 2.75) is 4.90 Å². The first kappa shape index (κ1) is 12.3. The van der Waals surface area contributed by atoms with Crippen LogP contribution in [-0.2, 0) is 10.1 Å². The molecule has 0 aliphatic heterocycles. The van der Waals surface area contributed by atoms with Gasteiger partial charge in [0.1, 0.15) is 0 Å². The molecule has 0 saturated heterocycles. The van der Waals surface area contributed by atoms with Gasteiger partial charge < -0.3 is 5.11 Å². The number of rotatable bonds is 2. The summed E-state index contributed by atoms with van der Waals surface area (Å²) in [4.78, 5) is 8.71. The van der Waals surface area contributed by atoms with Crippen LogP contribution in [0.4, 0.5) is 5.69 Å². The minimum absolute atomic E-state index is 0.107. The predicted molar refractivity (Wildman–Crippen MR) is 62.1 cm³/mol. The van der Waals surface area contributed by atoms with Crippen molar-refractivity contribution in [2.75, 3.05) is 0 Å². The second-order valence-corrected chi connectivity index (χ2v) is 4.89. The second-order valence-electron chi connectivity index (χ2n) is 3.53. The van der Waals surface area contributed by atoms with Crippen molar-refractivity contribution in [3.05, 3.63) is 40.4 Å². The summed E-state index contributed by atoms with van der Waals surface area (Å²) in [5.74, 6) is -0.831. The standard InChI is InChI=1S/C10H7NO6S/c12-9-7-4-2-1-3-6(7)5-8(11(13)14)10(9)18(15,16)17/h1-5,12H,(H,15,16,17). The SMILES string of the molecule is O=[N+]([O-])c1cc2ccccc2c(O)c1S(=O)(=O)O. The third-order valence-corrected chi connectivity index (χ3v) is 3.33. The molecule has 0 atom stereocenters. The van der Waals surface area contributed by atoms with Crippen LogP contribution < -0.4 is 0 Å². The Bertz CT molecular complexity index is 752. The molecule has 0 unspecified atom stereocenters. The first-order valence-electron chi connectivity index (χ1n) is 4.69. The number of hydrogen-bond donors (Lipinski definition) is 2. The van der Waals surface area contributed by atoms with E-state index in [0.29, 0.717) is 5.39 Å². The number of phenolic OH excluding ortho intramolecular Hbond substituents is 1. The quantitative estimate of drug-likeness (QED) is 0.486. The van der Waals surface area contributed by atoms with Gasteiger partial charge in [-0.2, -0.15) is 8.42 Å². The number of nitro groups is 1. The molecular formula is C10H7NO6S. The zero-order chi connectivity index (χ0) is 13.5. The lowest BCUT2D eigenvalue weighted by Crippen LogP contribution is -2.04. The van der Waals surface area contributed by atoms with Gasteiger partial charge in [0.05, 0.1) is 4.92 Å². The molecule has 2 aromatic carbocycles. The fraction of sp³-hybridized carbons (Fsp3) is 0. The number of fused-ring (bicyclic) bond motifs is 1. The molecule has 0 heterocycles. The zero-order valence-corrected chi connectivity index (χ0v) is 9.59. The number of phenols is 1. The third kappa shape index (κ3) is 1.87. The largest absolute Gasteiger partial charge is 0.506 e. The van der Waals surface area contributed by atoms with Gasteiger partial charge in [-0.1, -0.05) is 24.3 Å². The summed E-state index contributed by atoms with van der Waals surface area (Å²) < 4.78 is 31.2. The molecule has 0 bridgehead atoms. The molecule has 2 aromatic rings. The Labute approximate surface area is 101 Å². The molecule has 0 fully saturated rings. The molecule has 8 heteroatoms. The van der Waals surface area contributed by atoms with Crippen LogP contribution >= 0.6 is 0 Å². The maximum Gasteiger partial charge on any atom is 0.305 e. The van der Waals surface area contributed by atoms with Crippen molar-refractivity contribution in [2.24, 2.45) is 0 Å². The summed E-state index contributed by atoms with van der Waals surface area (Å²) in [6.45, 7) is 0. The van der Waals surface area contributed by atoms with E-state index in [-0.39, 0.29) is 5.39 Å².